The molecule has 2 aliphatic heterocycles. The fourth-order valence-corrected chi connectivity index (χ4v) is 5.46. The van der Waals surface area contributed by atoms with Gasteiger partial charge in [0, 0.05) is 11.1 Å². The number of nitrogens with zero attached hydrogens (tertiary/aromatic N) is 3. The Morgan fingerprint density at radius 1 is 1.15 bits per heavy atom. The summed E-state index contributed by atoms with van der Waals surface area (Å²) < 4.78 is 12.9. The number of rotatable bonds is 4. The second kappa shape index (κ2) is 8.39. The van der Waals surface area contributed by atoms with Crippen LogP contribution in [-0.4, -0.2) is 45.9 Å². The molecule has 0 aliphatic carbocycles. The Labute approximate surface area is 201 Å². The molecule has 1 aromatic heterocycles. The van der Waals surface area contributed by atoms with Gasteiger partial charge < -0.3 is 14.6 Å². The molecule has 3 aromatic rings. The van der Waals surface area contributed by atoms with Crippen LogP contribution in [0.5, 0.6) is 11.5 Å². The van der Waals surface area contributed by atoms with Gasteiger partial charge in [0.1, 0.15) is 12.4 Å². The quantitative estimate of drug-likeness (QED) is 0.597. The van der Waals surface area contributed by atoms with Gasteiger partial charge in [0.05, 0.1) is 22.2 Å². The molecule has 2 aliphatic rings. The van der Waals surface area contributed by atoms with Crippen molar-refractivity contribution in [2.75, 3.05) is 24.0 Å². The average molecular weight is 480 g/mol. The lowest BCUT2D eigenvalue weighted by Crippen LogP contribution is -2.40. The van der Waals surface area contributed by atoms with E-state index in [2.05, 4.69) is 0 Å². The number of carbonyl (C=O) groups excluding carboxylic acids is 1. The predicted octanol–water partition coefficient (Wildman–Crippen LogP) is 4.29. The smallest absolute Gasteiger partial charge is 0.323 e. The lowest BCUT2D eigenvalue weighted by Gasteiger charge is -2.28. The summed E-state index contributed by atoms with van der Waals surface area (Å²) in [6.07, 6.45) is 0. The maximum absolute atomic E-state index is 13.3. The Kier molecular flexibility index (Phi) is 5.51. The predicted molar refractivity (Wildman–Crippen MR) is 130 cm³/mol. The molecular formula is C25H25N3O5S. The van der Waals surface area contributed by atoms with Gasteiger partial charge in [-0.3, -0.25) is 14.5 Å². The van der Waals surface area contributed by atoms with Crippen LogP contribution in [0.4, 0.5) is 5.82 Å². The van der Waals surface area contributed by atoms with Crippen molar-refractivity contribution >= 4 is 29.5 Å². The average Bonchev–Trinajstić information content (AvgIpc) is 3.40. The van der Waals surface area contributed by atoms with Crippen molar-refractivity contribution < 1.29 is 24.2 Å². The molecule has 176 valence electrons. The van der Waals surface area contributed by atoms with Gasteiger partial charge in [0.25, 0.3) is 0 Å². The van der Waals surface area contributed by atoms with Gasteiger partial charge in [-0.2, -0.15) is 5.10 Å². The summed E-state index contributed by atoms with van der Waals surface area (Å²) in [7, 11) is 0. The fraction of sp³-hybridized carbons (Fsp3) is 0.320. The van der Waals surface area contributed by atoms with Crippen molar-refractivity contribution in [3.63, 3.8) is 0 Å². The van der Waals surface area contributed by atoms with Gasteiger partial charge in [-0.15, -0.1) is 11.8 Å². The first-order valence-corrected chi connectivity index (χ1v) is 12.0. The summed E-state index contributed by atoms with van der Waals surface area (Å²) in [5.74, 6) is 0.656. The Morgan fingerprint density at radius 3 is 2.59 bits per heavy atom. The molecule has 8 nitrogen and oxygen atoms in total. The molecule has 0 saturated heterocycles. The maximum atomic E-state index is 13.3. The molecule has 1 N–H and O–H groups in total. The van der Waals surface area contributed by atoms with Crippen LogP contribution in [-0.2, 0) is 15.1 Å². The number of benzene rings is 2. The van der Waals surface area contributed by atoms with Crippen LogP contribution in [0.25, 0.3) is 11.3 Å². The molecule has 9 heteroatoms. The molecule has 0 radical (unpaired) electrons. The number of ether oxygens (including phenoxy) is 2. The molecular weight excluding hydrogens is 454 g/mol. The van der Waals surface area contributed by atoms with E-state index in [4.69, 9.17) is 14.6 Å². The first kappa shape index (κ1) is 22.3. The number of anilines is 1. The summed E-state index contributed by atoms with van der Waals surface area (Å²) in [6.45, 7) is 5.71. The number of thioether (sulfide) groups is 1. The van der Waals surface area contributed by atoms with Crippen molar-refractivity contribution in [1.82, 2.24) is 9.78 Å². The highest BCUT2D eigenvalue weighted by Gasteiger charge is 2.39. The Bertz CT molecular complexity index is 1270. The third kappa shape index (κ3) is 3.90. The summed E-state index contributed by atoms with van der Waals surface area (Å²) in [5, 5.41) is 14.4. The second-order valence-corrected chi connectivity index (χ2v) is 10.3. The normalized spacial score (nSPS) is 17.4. The molecule has 0 fully saturated rings. The molecule has 1 amide bonds. The molecule has 2 aromatic carbocycles. The van der Waals surface area contributed by atoms with Gasteiger partial charge >= 0.3 is 5.97 Å². The lowest BCUT2D eigenvalue weighted by atomic mass is 9.99. The molecule has 5 rings (SSSR count). The lowest BCUT2D eigenvalue weighted by molar-refractivity contribution is -0.136. The molecule has 1 unspecified atom stereocenters. The van der Waals surface area contributed by atoms with Gasteiger partial charge in [-0.05, 0) is 38.5 Å². The van der Waals surface area contributed by atoms with E-state index in [-0.39, 0.29) is 23.7 Å². The SMILES string of the molecule is CC(C)(C)n1nc(-c2ccccc2)c2c1N(CC(=O)O)C(=O)CSC2c1ccc2c(c1)OCO2. The largest absolute Gasteiger partial charge is 0.480 e. The highest BCUT2D eigenvalue weighted by atomic mass is 32.2. The fourth-order valence-electron chi connectivity index (χ4n) is 4.27. The third-order valence-corrected chi connectivity index (χ3v) is 7.02. The van der Waals surface area contributed by atoms with E-state index in [1.54, 1.807) is 4.68 Å². The zero-order valence-electron chi connectivity index (χ0n) is 19.1. The molecule has 34 heavy (non-hydrogen) atoms. The highest BCUT2D eigenvalue weighted by molar-refractivity contribution is 8.00. The second-order valence-electron chi connectivity index (χ2n) is 9.21. The number of amides is 1. The minimum atomic E-state index is -1.08. The molecule has 3 heterocycles. The Morgan fingerprint density at radius 2 is 1.88 bits per heavy atom. The Hall–Kier alpha value is -3.46. The molecule has 0 saturated carbocycles. The van der Waals surface area contributed by atoms with Crippen LogP contribution in [0.1, 0.15) is 37.1 Å². The van der Waals surface area contributed by atoms with Crippen molar-refractivity contribution in [2.45, 2.75) is 31.6 Å². The molecule has 1 atom stereocenters. The zero-order valence-corrected chi connectivity index (χ0v) is 20.0. The number of fused-ring (bicyclic) bond motifs is 2. The summed E-state index contributed by atoms with van der Waals surface area (Å²) in [6, 6.07) is 15.5. The number of aliphatic carboxylic acids is 1. The van der Waals surface area contributed by atoms with E-state index in [9.17, 15) is 14.7 Å². The first-order valence-electron chi connectivity index (χ1n) is 11.0. The van der Waals surface area contributed by atoms with Crippen molar-refractivity contribution in [3.8, 4) is 22.8 Å². The van der Waals surface area contributed by atoms with E-state index in [0.717, 1.165) is 22.4 Å². The van der Waals surface area contributed by atoms with E-state index in [0.29, 0.717) is 17.3 Å². The summed E-state index contributed by atoms with van der Waals surface area (Å²) in [4.78, 5) is 26.4. The standard InChI is InChI=1S/C25H25N3O5S/c1-25(2,3)28-24-21(22(26-28)15-7-5-4-6-8-15)23(34-13-19(29)27(24)12-20(30)31)16-9-10-17-18(11-16)33-14-32-17/h4-11,23H,12-14H2,1-3H3,(H,30,31). The number of carbonyl (C=O) groups is 2. The number of carboxylic acids is 1. The van der Waals surface area contributed by atoms with Gasteiger partial charge in [-0.25, -0.2) is 4.68 Å². The van der Waals surface area contributed by atoms with Crippen molar-refractivity contribution in [3.05, 3.63) is 59.7 Å². The van der Waals surface area contributed by atoms with Gasteiger partial charge in [0.15, 0.2) is 11.5 Å². The third-order valence-electron chi connectivity index (χ3n) is 5.76. The zero-order chi connectivity index (χ0) is 24.0. The van der Waals surface area contributed by atoms with Crippen LogP contribution in [0, 0.1) is 0 Å². The number of hydrogen-bond donors (Lipinski definition) is 1. The van der Waals surface area contributed by atoms with Gasteiger partial charge in [-0.1, -0.05) is 36.4 Å². The number of hydrogen-bond acceptors (Lipinski definition) is 6. The molecule has 0 spiro atoms. The minimum absolute atomic E-state index is 0.138. The van der Waals surface area contributed by atoms with Crippen molar-refractivity contribution in [2.24, 2.45) is 0 Å². The van der Waals surface area contributed by atoms with E-state index in [1.165, 1.54) is 16.7 Å². The van der Waals surface area contributed by atoms with Crippen molar-refractivity contribution in [1.29, 1.82) is 0 Å². The van der Waals surface area contributed by atoms with E-state index < -0.39 is 18.1 Å². The summed E-state index contributed by atoms with van der Waals surface area (Å²) in [5.41, 5.74) is 2.88. The summed E-state index contributed by atoms with van der Waals surface area (Å²) >= 11 is 1.46. The minimum Gasteiger partial charge on any atom is -0.480 e. The monoisotopic (exact) mass is 479 g/mol. The van der Waals surface area contributed by atoms with Crippen LogP contribution in [0.3, 0.4) is 0 Å². The van der Waals surface area contributed by atoms with E-state index in [1.807, 2.05) is 69.3 Å². The maximum Gasteiger partial charge on any atom is 0.323 e. The topological polar surface area (TPSA) is 93.9 Å². The Balaban J connectivity index is 1.80. The highest BCUT2D eigenvalue weighted by Crippen LogP contribution is 2.50. The first-order chi connectivity index (χ1) is 16.2. The number of carboxylic acid groups (broad SMARTS) is 1. The molecule has 0 bridgehead atoms. The van der Waals surface area contributed by atoms with E-state index >= 15 is 0 Å². The van der Waals surface area contributed by atoms with Crippen LogP contribution in [0.2, 0.25) is 0 Å². The van der Waals surface area contributed by atoms with Crippen LogP contribution >= 0.6 is 11.8 Å². The van der Waals surface area contributed by atoms with Crippen LogP contribution in [0.15, 0.2) is 48.5 Å². The van der Waals surface area contributed by atoms with Gasteiger partial charge in [0.2, 0.25) is 12.7 Å². The van der Waals surface area contributed by atoms with Crippen LogP contribution < -0.4 is 14.4 Å². The number of aromatic nitrogens is 2.